The van der Waals surface area contributed by atoms with E-state index in [0.29, 0.717) is 5.69 Å². The highest BCUT2D eigenvalue weighted by molar-refractivity contribution is 7.71. The third kappa shape index (κ3) is 11.0. The highest BCUT2D eigenvalue weighted by Gasteiger charge is 2.45. The van der Waals surface area contributed by atoms with E-state index in [0.717, 1.165) is 24.3 Å². The van der Waals surface area contributed by atoms with Crippen molar-refractivity contribution < 1.29 is 71.9 Å². The highest BCUT2D eigenvalue weighted by Crippen LogP contribution is 2.59. The number of nitrogens with zero attached hydrogens (tertiary/aromatic N) is 1. The highest BCUT2D eigenvalue weighted by atomic mass is 31.2. The number of nitro groups is 1. The zero-order valence-electron chi connectivity index (χ0n) is 19.4. The number of non-ortho nitro benzene ring substituents is 1. The lowest BCUT2D eigenvalue weighted by Gasteiger charge is -2.20. The molecule has 0 saturated heterocycles. The summed E-state index contributed by atoms with van der Waals surface area (Å²) in [6, 6.07) is 9.09. The zero-order valence-corrected chi connectivity index (χ0v) is 23.0. The van der Waals surface area contributed by atoms with Crippen molar-refractivity contribution in [2.24, 2.45) is 0 Å². The lowest BCUT2D eigenvalue weighted by Crippen LogP contribution is -2.34. The van der Waals surface area contributed by atoms with Crippen LogP contribution in [0.15, 0.2) is 48.5 Å². The summed E-state index contributed by atoms with van der Waals surface area (Å²) in [7, 11) is -21.0. The fraction of sp³-hybridized carbons (Fsp3) is 0.125. The summed E-state index contributed by atoms with van der Waals surface area (Å²) in [6.07, 6.45) is 0. The minimum Gasteiger partial charge on any atom is -0.399 e. The molecule has 2 aromatic rings. The number of nitrogens with two attached hydrogens (primary N) is 1. The molecule has 0 saturated carbocycles. The monoisotopic (exact) mass is 650 g/mol. The van der Waals surface area contributed by atoms with E-state index in [1.165, 1.54) is 29.6 Å². The van der Waals surface area contributed by atoms with E-state index in [2.05, 4.69) is 0 Å². The minimum absolute atomic E-state index is 0.0406. The molecule has 0 bridgehead atoms. The maximum atomic E-state index is 11.7. The molecule has 12 N–H and O–H groups in total. The summed E-state index contributed by atoms with van der Waals surface area (Å²) in [5.41, 5.74) is -0.144. The second-order valence-electron chi connectivity index (χ2n) is 7.48. The molecule has 20 nitrogen and oxygen atoms in total. The van der Waals surface area contributed by atoms with Gasteiger partial charge < -0.3 is 55.5 Å². The standard InChI is InChI=1S/C8H10N2O9P2.C8H12N2O7P2/c11-7(5-1-3-6(4-2-5)10(12)13)9-8(20(14,15)16)21(17,18)19;9-6-3-1-5(2-4-6)7(11)10-8(18(12,13)14)19(15,16)17/h1-4,8H,(H,9,11)(H2,14,15,16)(H2,17,18,19);1-4,8H,9H2,(H,10,11)(H2,12,13,14)(H2,15,16,17). The number of rotatable bonds is 9. The number of carbonyl (C=O) groups excluding carboxylic acids is 2. The molecule has 0 heterocycles. The molecule has 0 atom stereocenters. The number of carbonyl (C=O) groups is 2. The van der Waals surface area contributed by atoms with Crippen LogP contribution in [0.2, 0.25) is 0 Å². The minimum atomic E-state index is -5.30. The van der Waals surface area contributed by atoms with Crippen LogP contribution >= 0.6 is 30.4 Å². The number of nitrogen functional groups attached to an aromatic ring is 1. The summed E-state index contributed by atoms with van der Waals surface area (Å²) in [6.45, 7) is 0. The van der Waals surface area contributed by atoms with E-state index < -0.39 is 58.2 Å². The Labute approximate surface area is 223 Å². The summed E-state index contributed by atoms with van der Waals surface area (Å²) < 4.78 is 43.9. The van der Waals surface area contributed by atoms with Crippen molar-refractivity contribution in [3.63, 3.8) is 0 Å². The van der Waals surface area contributed by atoms with Crippen molar-refractivity contribution in [2.45, 2.75) is 11.0 Å². The van der Waals surface area contributed by atoms with Crippen molar-refractivity contribution in [1.29, 1.82) is 0 Å². The van der Waals surface area contributed by atoms with E-state index in [4.69, 9.17) is 44.9 Å². The molecule has 0 unspecified atom stereocenters. The Kier molecular flexibility index (Phi) is 11.6. The molecule has 2 aromatic carbocycles. The average molecular weight is 650 g/mol. The molecule has 0 aliphatic rings. The first kappa shape index (κ1) is 35.2. The lowest BCUT2D eigenvalue weighted by atomic mass is 10.2. The second kappa shape index (κ2) is 13.2. The van der Waals surface area contributed by atoms with Gasteiger partial charge in [-0.05, 0) is 36.4 Å². The normalized spacial score (nSPS) is 12.3. The van der Waals surface area contributed by atoms with E-state index >= 15 is 0 Å². The zero-order chi connectivity index (χ0) is 31.3. The van der Waals surface area contributed by atoms with Crippen LogP contribution in [-0.4, -0.2) is 66.9 Å². The fourth-order valence-corrected chi connectivity index (χ4v) is 6.78. The quantitative estimate of drug-likeness (QED) is 0.0711. The maximum absolute atomic E-state index is 11.7. The van der Waals surface area contributed by atoms with E-state index in [1.807, 2.05) is 0 Å². The number of amides is 2. The van der Waals surface area contributed by atoms with Crippen LogP contribution in [0.4, 0.5) is 11.4 Å². The second-order valence-corrected chi connectivity index (χ2v) is 15.1. The molecule has 40 heavy (non-hydrogen) atoms. The van der Waals surface area contributed by atoms with Crippen LogP contribution in [-0.2, 0) is 18.3 Å². The number of nitrogens with one attached hydrogen (secondary N) is 2. The molecule has 222 valence electrons. The largest absolute Gasteiger partial charge is 0.399 e. The van der Waals surface area contributed by atoms with Crippen LogP contribution in [0.1, 0.15) is 20.7 Å². The van der Waals surface area contributed by atoms with Gasteiger partial charge in [0.1, 0.15) is 0 Å². The van der Waals surface area contributed by atoms with Gasteiger partial charge in [0.15, 0.2) is 0 Å². The van der Waals surface area contributed by atoms with Crippen molar-refractivity contribution >= 4 is 53.6 Å². The van der Waals surface area contributed by atoms with Crippen molar-refractivity contribution in [3.05, 3.63) is 69.8 Å². The Bertz CT molecular complexity index is 1380. The predicted molar refractivity (Wildman–Crippen MR) is 135 cm³/mol. The topological polar surface area (TPSA) is 357 Å². The van der Waals surface area contributed by atoms with Crippen LogP contribution in [0, 0.1) is 10.1 Å². The number of hydrogen-bond acceptors (Lipinski definition) is 9. The molecule has 2 amide bonds. The molecule has 24 heteroatoms. The third-order valence-electron chi connectivity index (χ3n) is 4.31. The Hall–Kier alpha value is -2.82. The first-order valence-electron chi connectivity index (χ1n) is 9.87. The van der Waals surface area contributed by atoms with Gasteiger partial charge in [0, 0.05) is 28.9 Å². The number of hydrogen-bond donors (Lipinski definition) is 11. The van der Waals surface area contributed by atoms with Gasteiger partial charge in [0.05, 0.1) is 4.92 Å². The molecule has 2 rings (SSSR count). The molecule has 0 aliphatic carbocycles. The van der Waals surface area contributed by atoms with Gasteiger partial charge in [-0.15, -0.1) is 0 Å². The molecular formula is C16H22N4O16P4. The van der Waals surface area contributed by atoms with Crippen LogP contribution < -0.4 is 16.4 Å². The van der Waals surface area contributed by atoms with Gasteiger partial charge in [0.2, 0.25) is 11.0 Å². The van der Waals surface area contributed by atoms with E-state index in [-0.39, 0.29) is 16.8 Å². The molecular weight excluding hydrogens is 628 g/mol. The summed E-state index contributed by atoms with van der Waals surface area (Å²) >= 11 is 0. The van der Waals surface area contributed by atoms with Gasteiger partial charge in [-0.3, -0.25) is 38.0 Å². The van der Waals surface area contributed by atoms with Crippen molar-refractivity contribution in [3.8, 4) is 0 Å². The van der Waals surface area contributed by atoms with Crippen LogP contribution in [0.25, 0.3) is 0 Å². The number of anilines is 1. The van der Waals surface area contributed by atoms with Gasteiger partial charge in [-0.25, -0.2) is 0 Å². The van der Waals surface area contributed by atoms with Crippen molar-refractivity contribution in [2.75, 3.05) is 5.73 Å². The first-order valence-corrected chi connectivity index (χ1v) is 16.6. The Morgan fingerprint density at radius 2 is 0.925 bits per heavy atom. The van der Waals surface area contributed by atoms with Gasteiger partial charge in [-0.2, -0.15) is 0 Å². The molecule has 0 aromatic heterocycles. The number of nitro benzene ring substituents is 1. The Balaban J connectivity index is 0.000000402. The van der Waals surface area contributed by atoms with Crippen LogP contribution in [0.5, 0.6) is 0 Å². The summed E-state index contributed by atoms with van der Waals surface area (Å²) in [5.74, 6) is -2.22. The smallest absolute Gasteiger partial charge is 0.360 e. The van der Waals surface area contributed by atoms with Gasteiger partial charge in [0.25, 0.3) is 17.5 Å². The van der Waals surface area contributed by atoms with Crippen molar-refractivity contribution in [1.82, 2.24) is 10.6 Å². The summed E-state index contributed by atoms with van der Waals surface area (Å²) in [4.78, 5) is 104. The van der Waals surface area contributed by atoms with Gasteiger partial charge >= 0.3 is 30.4 Å². The average Bonchev–Trinajstić information content (AvgIpc) is 2.78. The van der Waals surface area contributed by atoms with E-state index in [1.54, 1.807) is 5.32 Å². The lowest BCUT2D eigenvalue weighted by molar-refractivity contribution is -0.384. The SMILES string of the molecule is Nc1ccc(C(=O)NC(P(=O)(O)O)P(=O)(O)O)cc1.O=C(NC(P(=O)(O)O)P(=O)(O)O)c1ccc([N+](=O)[O-])cc1. The van der Waals surface area contributed by atoms with Gasteiger partial charge in [-0.1, -0.05) is 0 Å². The first-order chi connectivity index (χ1) is 17.9. The predicted octanol–water partition coefficient (Wildman–Crippen LogP) is -0.399. The molecule has 0 spiro atoms. The Morgan fingerprint density at radius 1 is 0.650 bits per heavy atom. The van der Waals surface area contributed by atoms with E-state index in [9.17, 15) is 38.0 Å². The van der Waals surface area contributed by atoms with Crippen LogP contribution in [0.3, 0.4) is 0 Å². The molecule has 0 fully saturated rings. The number of benzene rings is 2. The fourth-order valence-electron chi connectivity index (χ4n) is 2.50. The third-order valence-corrected chi connectivity index (χ3v) is 11.0. The summed E-state index contributed by atoms with van der Waals surface area (Å²) in [5, 5.41) is 13.6. The molecule has 0 aliphatic heterocycles. The Morgan fingerprint density at radius 3 is 1.18 bits per heavy atom. The molecule has 0 radical (unpaired) electrons. The maximum Gasteiger partial charge on any atom is 0.360 e.